The van der Waals surface area contributed by atoms with Gasteiger partial charge in [0.05, 0.1) is 0 Å². The van der Waals surface area contributed by atoms with Crippen LogP contribution in [0.3, 0.4) is 0 Å². The minimum absolute atomic E-state index is 0.248. The van der Waals surface area contributed by atoms with Crippen LogP contribution in [0.4, 0.5) is 4.79 Å². The van der Waals surface area contributed by atoms with Gasteiger partial charge in [-0.25, -0.2) is 9.79 Å². The largest absolute Gasteiger partial charge is 0.349 e. The Morgan fingerprint density at radius 2 is 1.86 bits per heavy atom. The molecule has 1 fully saturated rings. The minimum atomic E-state index is -0.422. The number of urea groups is 1. The van der Waals surface area contributed by atoms with Gasteiger partial charge in [-0.1, -0.05) is 32.6 Å². The molecule has 1 saturated heterocycles. The highest BCUT2D eigenvalue weighted by Crippen LogP contribution is 2.25. The van der Waals surface area contributed by atoms with E-state index in [4.69, 9.17) is 0 Å². The molecule has 0 aliphatic carbocycles. The number of unbranched alkanes of at least 4 members (excludes halogenated alkanes) is 4. The standard InChI is InChI=1S/C15H27N5O2/c1-5-6-7-8-9-10-20-11-12(16-14(20)18(2)3)19(4)15(22)17-13(11)21/h11-12H,5-10H2,1-4H3,(H,17,21,22). The molecule has 0 aromatic heterocycles. The summed E-state index contributed by atoms with van der Waals surface area (Å²) in [6, 6.07) is -0.788. The number of hydrogen-bond acceptors (Lipinski definition) is 5. The van der Waals surface area contributed by atoms with Gasteiger partial charge >= 0.3 is 6.03 Å². The number of nitrogens with zero attached hydrogens (tertiary/aromatic N) is 4. The SMILES string of the molecule is CCCCCCCN1C(N(C)C)=NC2C1C(=O)NC(=O)N2C. The second-order valence-electron chi connectivity index (χ2n) is 6.19. The van der Waals surface area contributed by atoms with Crippen LogP contribution in [0, 0.1) is 0 Å². The van der Waals surface area contributed by atoms with Gasteiger partial charge in [-0.05, 0) is 6.42 Å². The van der Waals surface area contributed by atoms with Gasteiger partial charge in [-0.2, -0.15) is 0 Å². The van der Waals surface area contributed by atoms with Crippen LogP contribution in [-0.2, 0) is 4.79 Å². The highest BCUT2D eigenvalue weighted by Gasteiger charge is 2.48. The zero-order valence-electron chi connectivity index (χ0n) is 14.0. The number of hydrogen-bond donors (Lipinski definition) is 1. The van der Waals surface area contributed by atoms with Gasteiger partial charge in [0.2, 0.25) is 0 Å². The Kier molecular flexibility index (Phi) is 5.26. The van der Waals surface area contributed by atoms with Crippen LogP contribution < -0.4 is 5.32 Å². The summed E-state index contributed by atoms with van der Waals surface area (Å²) in [7, 11) is 5.51. The molecule has 22 heavy (non-hydrogen) atoms. The molecule has 124 valence electrons. The summed E-state index contributed by atoms with van der Waals surface area (Å²) >= 11 is 0. The number of likely N-dealkylation sites (N-methyl/N-ethyl adjacent to an activating group) is 1. The Morgan fingerprint density at radius 1 is 1.18 bits per heavy atom. The van der Waals surface area contributed by atoms with E-state index in [1.807, 2.05) is 23.9 Å². The lowest BCUT2D eigenvalue weighted by Crippen LogP contribution is -2.64. The van der Waals surface area contributed by atoms with E-state index in [0.717, 1.165) is 25.3 Å². The lowest BCUT2D eigenvalue weighted by atomic mass is 10.1. The molecule has 2 aliphatic heterocycles. The third-order valence-corrected chi connectivity index (χ3v) is 4.24. The third kappa shape index (κ3) is 3.18. The van der Waals surface area contributed by atoms with Crippen molar-refractivity contribution in [2.75, 3.05) is 27.7 Å². The molecule has 0 spiro atoms. The van der Waals surface area contributed by atoms with Crippen molar-refractivity contribution in [3.05, 3.63) is 0 Å². The molecule has 2 atom stereocenters. The van der Waals surface area contributed by atoms with Crippen molar-refractivity contribution in [1.82, 2.24) is 20.0 Å². The van der Waals surface area contributed by atoms with Crippen molar-refractivity contribution in [1.29, 1.82) is 0 Å². The topological polar surface area (TPSA) is 68.2 Å². The maximum absolute atomic E-state index is 12.3. The molecule has 0 aromatic carbocycles. The molecule has 2 aliphatic rings. The predicted octanol–water partition coefficient (Wildman–Crippen LogP) is 1.07. The van der Waals surface area contributed by atoms with Gasteiger partial charge in [0.15, 0.2) is 18.2 Å². The van der Waals surface area contributed by atoms with E-state index in [1.165, 1.54) is 24.2 Å². The second kappa shape index (κ2) is 6.98. The molecular formula is C15H27N5O2. The molecule has 2 unspecified atom stereocenters. The average Bonchev–Trinajstić information content (AvgIpc) is 2.85. The summed E-state index contributed by atoms with van der Waals surface area (Å²) in [5.74, 6) is 0.532. The van der Waals surface area contributed by atoms with Crippen LogP contribution in [0.1, 0.15) is 39.0 Å². The van der Waals surface area contributed by atoms with E-state index in [1.54, 1.807) is 7.05 Å². The van der Waals surface area contributed by atoms with Crippen LogP contribution in [0.5, 0.6) is 0 Å². The fourth-order valence-corrected chi connectivity index (χ4v) is 3.01. The minimum Gasteiger partial charge on any atom is -0.349 e. The zero-order chi connectivity index (χ0) is 16.3. The quantitative estimate of drug-likeness (QED) is 0.745. The fourth-order valence-electron chi connectivity index (χ4n) is 3.01. The first kappa shape index (κ1) is 16.6. The molecule has 3 amide bonds. The summed E-state index contributed by atoms with van der Waals surface area (Å²) in [6.45, 7) is 2.98. The summed E-state index contributed by atoms with van der Waals surface area (Å²) in [5, 5.41) is 2.42. The van der Waals surface area contributed by atoms with Gasteiger partial charge in [0, 0.05) is 27.7 Å². The van der Waals surface area contributed by atoms with Gasteiger partial charge < -0.3 is 14.7 Å². The van der Waals surface area contributed by atoms with E-state index in [9.17, 15) is 9.59 Å². The summed E-state index contributed by atoms with van der Waals surface area (Å²) in [4.78, 5) is 34.1. The first-order chi connectivity index (χ1) is 10.5. The Morgan fingerprint density at radius 3 is 2.50 bits per heavy atom. The molecule has 0 saturated carbocycles. The van der Waals surface area contributed by atoms with Crippen molar-refractivity contribution >= 4 is 17.9 Å². The Bertz CT molecular complexity index is 463. The molecule has 7 heteroatoms. The number of amides is 3. The lowest BCUT2D eigenvalue weighted by molar-refractivity contribution is -0.127. The average molecular weight is 309 g/mol. The van der Waals surface area contributed by atoms with Crippen LogP contribution in [0.15, 0.2) is 4.99 Å². The zero-order valence-corrected chi connectivity index (χ0v) is 14.0. The van der Waals surface area contributed by atoms with Gasteiger partial charge in [-0.15, -0.1) is 0 Å². The van der Waals surface area contributed by atoms with Gasteiger partial charge in [0.1, 0.15) is 0 Å². The summed E-state index contributed by atoms with van der Waals surface area (Å²) in [5.41, 5.74) is 0. The lowest BCUT2D eigenvalue weighted by Gasteiger charge is -2.36. The van der Waals surface area contributed by atoms with Crippen molar-refractivity contribution in [2.24, 2.45) is 4.99 Å². The van der Waals surface area contributed by atoms with Crippen molar-refractivity contribution in [2.45, 2.75) is 51.2 Å². The van der Waals surface area contributed by atoms with E-state index in [-0.39, 0.29) is 11.9 Å². The predicted molar refractivity (Wildman–Crippen MR) is 85.5 cm³/mol. The van der Waals surface area contributed by atoms with E-state index >= 15 is 0 Å². The van der Waals surface area contributed by atoms with E-state index < -0.39 is 12.2 Å². The first-order valence-corrected chi connectivity index (χ1v) is 8.06. The van der Waals surface area contributed by atoms with Crippen molar-refractivity contribution in [3.8, 4) is 0 Å². The number of aliphatic imine (C=N–C) groups is 1. The molecule has 0 radical (unpaired) electrons. The summed E-state index contributed by atoms with van der Waals surface area (Å²) < 4.78 is 0. The number of imide groups is 1. The molecule has 7 nitrogen and oxygen atoms in total. The van der Waals surface area contributed by atoms with E-state index in [2.05, 4.69) is 17.2 Å². The number of fused-ring (bicyclic) bond motifs is 1. The normalized spacial score (nSPS) is 24.3. The summed E-state index contributed by atoms with van der Waals surface area (Å²) in [6.07, 6.45) is 5.44. The maximum atomic E-state index is 12.3. The Hall–Kier alpha value is -1.79. The van der Waals surface area contributed by atoms with Gasteiger partial charge in [-0.3, -0.25) is 10.1 Å². The van der Waals surface area contributed by atoms with Crippen molar-refractivity contribution in [3.63, 3.8) is 0 Å². The number of rotatable bonds is 6. The Balaban J connectivity index is 2.07. The molecule has 1 N–H and O–H groups in total. The molecule has 2 rings (SSSR count). The smallest absolute Gasteiger partial charge is 0.325 e. The highest BCUT2D eigenvalue weighted by molar-refractivity contribution is 6.03. The first-order valence-electron chi connectivity index (χ1n) is 8.06. The van der Waals surface area contributed by atoms with E-state index in [0.29, 0.717) is 0 Å². The van der Waals surface area contributed by atoms with Gasteiger partial charge in [0.25, 0.3) is 5.91 Å². The maximum Gasteiger partial charge on any atom is 0.325 e. The number of nitrogens with one attached hydrogen (secondary N) is 1. The number of carbonyl (C=O) groups excluding carboxylic acids is 2. The van der Waals surface area contributed by atoms with Crippen LogP contribution in [-0.4, -0.2) is 72.5 Å². The molecule has 0 aromatic rings. The third-order valence-electron chi connectivity index (χ3n) is 4.24. The highest BCUT2D eigenvalue weighted by atomic mass is 16.2. The van der Waals surface area contributed by atoms with Crippen LogP contribution in [0.2, 0.25) is 0 Å². The second-order valence-corrected chi connectivity index (χ2v) is 6.19. The molecule has 0 bridgehead atoms. The number of guanidine groups is 1. The molecular weight excluding hydrogens is 282 g/mol. The van der Waals surface area contributed by atoms with Crippen LogP contribution in [0.25, 0.3) is 0 Å². The number of carbonyl (C=O) groups is 2. The molecule has 2 heterocycles. The fraction of sp³-hybridized carbons (Fsp3) is 0.800. The van der Waals surface area contributed by atoms with Crippen LogP contribution >= 0.6 is 0 Å². The Labute approximate surface area is 132 Å². The van der Waals surface area contributed by atoms with Crippen molar-refractivity contribution < 1.29 is 9.59 Å². The monoisotopic (exact) mass is 309 g/mol.